The molecule has 0 saturated carbocycles. The SMILES string of the molecule is CCc1cc(NS(=O)(=O)c2cc(Br)cc(OC(F)(F)F)c2O)c(O)c(C(=O)OC)c1. The second-order valence-electron chi connectivity index (χ2n) is 5.79. The molecule has 8 nitrogen and oxygen atoms in total. The zero-order valence-electron chi connectivity index (χ0n) is 15.4. The number of halogens is 4. The lowest BCUT2D eigenvalue weighted by molar-refractivity contribution is -0.275. The number of carbonyl (C=O) groups is 1. The quantitative estimate of drug-likeness (QED) is 0.395. The summed E-state index contributed by atoms with van der Waals surface area (Å²) in [4.78, 5) is 10.9. The second kappa shape index (κ2) is 8.60. The Kier molecular flexibility index (Phi) is 6.76. The Morgan fingerprint density at radius 2 is 1.80 bits per heavy atom. The number of alkyl halides is 3. The van der Waals surface area contributed by atoms with Crippen molar-refractivity contribution < 1.29 is 46.1 Å². The van der Waals surface area contributed by atoms with Crippen LogP contribution in [-0.2, 0) is 21.2 Å². The summed E-state index contributed by atoms with van der Waals surface area (Å²) in [5.74, 6) is -4.15. The van der Waals surface area contributed by atoms with Crippen LogP contribution in [0.5, 0.6) is 17.2 Å². The average Bonchev–Trinajstić information content (AvgIpc) is 2.63. The Morgan fingerprint density at radius 3 is 2.33 bits per heavy atom. The molecule has 13 heteroatoms. The molecule has 164 valence electrons. The van der Waals surface area contributed by atoms with Crippen molar-refractivity contribution >= 4 is 37.6 Å². The molecular weight excluding hydrogens is 499 g/mol. The molecule has 0 amide bonds. The van der Waals surface area contributed by atoms with E-state index in [9.17, 15) is 36.6 Å². The number of aryl methyl sites for hydroxylation is 1. The summed E-state index contributed by atoms with van der Waals surface area (Å²) in [5, 5.41) is 20.3. The summed E-state index contributed by atoms with van der Waals surface area (Å²) in [6, 6.07) is 4.08. The van der Waals surface area contributed by atoms with Gasteiger partial charge in [0.05, 0.1) is 12.8 Å². The summed E-state index contributed by atoms with van der Waals surface area (Å²) in [6.45, 7) is 1.70. The standard InChI is InChI=1S/C17H15BrF3NO7S/c1-3-8-4-10(16(25)28-2)14(23)11(5-8)22-30(26,27)13-7-9(18)6-12(15(13)24)29-17(19,20)21/h4-7,22-24H,3H2,1-2H3. The Balaban J connectivity index is 2.58. The van der Waals surface area contributed by atoms with Crippen molar-refractivity contribution in [2.45, 2.75) is 24.6 Å². The maximum atomic E-state index is 12.7. The first kappa shape index (κ1) is 23.6. The monoisotopic (exact) mass is 513 g/mol. The predicted octanol–water partition coefficient (Wildman–Crippen LogP) is 3.91. The normalized spacial score (nSPS) is 11.8. The van der Waals surface area contributed by atoms with Crippen LogP contribution < -0.4 is 9.46 Å². The zero-order valence-corrected chi connectivity index (χ0v) is 17.8. The number of carbonyl (C=O) groups excluding carboxylic acids is 1. The molecule has 0 unspecified atom stereocenters. The molecule has 3 N–H and O–H groups in total. The van der Waals surface area contributed by atoms with E-state index in [1.165, 1.54) is 12.1 Å². The van der Waals surface area contributed by atoms with E-state index in [0.29, 0.717) is 12.0 Å². The van der Waals surface area contributed by atoms with E-state index < -0.39 is 50.2 Å². The summed E-state index contributed by atoms with van der Waals surface area (Å²) in [6.07, 6.45) is -4.83. The minimum atomic E-state index is -5.18. The Hall–Kier alpha value is -2.67. The zero-order chi connectivity index (χ0) is 22.9. The first-order valence-electron chi connectivity index (χ1n) is 8.04. The van der Waals surface area contributed by atoms with Crippen molar-refractivity contribution in [3.8, 4) is 17.2 Å². The van der Waals surface area contributed by atoms with Gasteiger partial charge in [-0.2, -0.15) is 0 Å². The van der Waals surface area contributed by atoms with Crippen molar-refractivity contribution in [2.75, 3.05) is 11.8 Å². The lowest BCUT2D eigenvalue weighted by Gasteiger charge is -2.16. The van der Waals surface area contributed by atoms with Gasteiger partial charge in [-0.25, -0.2) is 13.2 Å². The Labute approximate surface area is 177 Å². The van der Waals surface area contributed by atoms with Gasteiger partial charge in [-0.1, -0.05) is 22.9 Å². The number of methoxy groups -OCH3 is 1. The molecule has 30 heavy (non-hydrogen) atoms. The number of anilines is 1. The highest BCUT2D eigenvalue weighted by atomic mass is 79.9. The number of sulfonamides is 1. The van der Waals surface area contributed by atoms with Crippen LogP contribution in [0.2, 0.25) is 0 Å². The molecule has 0 aliphatic heterocycles. The molecule has 0 aliphatic rings. The summed E-state index contributed by atoms with van der Waals surface area (Å²) >= 11 is 2.85. The van der Waals surface area contributed by atoms with Gasteiger partial charge in [0.1, 0.15) is 10.5 Å². The highest BCUT2D eigenvalue weighted by Crippen LogP contribution is 2.41. The van der Waals surface area contributed by atoms with Gasteiger partial charge in [-0.15, -0.1) is 13.2 Å². The van der Waals surface area contributed by atoms with Crippen molar-refractivity contribution in [1.82, 2.24) is 0 Å². The Morgan fingerprint density at radius 1 is 1.17 bits per heavy atom. The molecule has 2 aromatic rings. The Bertz CT molecular complexity index is 1090. The van der Waals surface area contributed by atoms with Crippen molar-refractivity contribution in [3.63, 3.8) is 0 Å². The second-order valence-corrected chi connectivity index (χ2v) is 8.36. The van der Waals surface area contributed by atoms with Crippen LogP contribution >= 0.6 is 15.9 Å². The smallest absolute Gasteiger partial charge is 0.505 e. The molecule has 0 fully saturated rings. The molecule has 0 aromatic heterocycles. The van der Waals surface area contributed by atoms with Gasteiger partial charge in [0.2, 0.25) is 0 Å². The van der Waals surface area contributed by atoms with Crippen LogP contribution in [0.25, 0.3) is 0 Å². The largest absolute Gasteiger partial charge is 0.573 e. The number of ether oxygens (including phenoxy) is 2. The van der Waals surface area contributed by atoms with Gasteiger partial charge in [0.25, 0.3) is 10.0 Å². The fourth-order valence-corrected chi connectivity index (χ4v) is 4.18. The summed E-state index contributed by atoms with van der Waals surface area (Å²) in [7, 11) is -3.67. The number of phenols is 2. The molecule has 2 rings (SSSR count). The number of phenolic OH excluding ortho intramolecular Hbond substituents is 2. The number of esters is 1. The van der Waals surface area contributed by atoms with Gasteiger partial charge in [-0.3, -0.25) is 4.72 Å². The molecule has 0 saturated heterocycles. The lowest BCUT2D eigenvalue weighted by atomic mass is 10.1. The van der Waals surface area contributed by atoms with Gasteiger partial charge >= 0.3 is 12.3 Å². The number of nitrogens with one attached hydrogen (secondary N) is 1. The van der Waals surface area contributed by atoms with E-state index in [0.717, 1.165) is 19.2 Å². The predicted molar refractivity (Wildman–Crippen MR) is 102 cm³/mol. The molecule has 0 bridgehead atoms. The first-order chi connectivity index (χ1) is 13.8. The number of rotatable bonds is 6. The molecule has 2 aromatic carbocycles. The van der Waals surface area contributed by atoms with Crippen LogP contribution in [0.4, 0.5) is 18.9 Å². The van der Waals surface area contributed by atoms with E-state index >= 15 is 0 Å². The fourth-order valence-electron chi connectivity index (χ4n) is 2.40. The summed E-state index contributed by atoms with van der Waals surface area (Å²) in [5.41, 5.74) is -0.313. The fraction of sp³-hybridized carbons (Fsp3) is 0.235. The molecule has 0 heterocycles. The van der Waals surface area contributed by atoms with E-state index in [2.05, 4.69) is 25.4 Å². The number of benzene rings is 2. The van der Waals surface area contributed by atoms with Crippen molar-refractivity contribution in [3.05, 3.63) is 39.9 Å². The van der Waals surface area contributed by atoms with Crippen LogP contribution in [0, 0.1) is 0 Å². The van der Waals surface area contributed by atoms with Crippen molar-refractivity contribution in [1.29, 1.82) is 0 Å². The van der Waals surface area contributed by atoms with Crippen LogP contribution in [0.3, 0.4) is 0 Å². The minimum Gasteiger partial charge on any atom is -0.505 e. The summed E-state index contributed by atoms with van der Waals surface area (Å²) < 4.78 is 73.1. The number of hydrogen-bond acceptors (Lipinski definition) is 7. The van der Waals surface area contributed by atoms with E-state index in [-0.39, 0.29) is 10.0 Å². The highest BCUT2D eigenvalue weighted by molar-refractivity contribution is 9.10. The van der Waals surface area contributed by atoms with Gasteiger partial charge in [-0.05, 0) is 36.2 Å². The molecule has 0 atom stereocenters. The van der Waals surface area contributed by atoms with E-state index in [4.69, 9.17) is 0 Å². The maximum absolute atomic E-state index is 12.7. The number of hydrogen-bond donors (Lipinski definition) is 3. The van der Waals surface area contributed by atoms with Gasteiger partial charge in [0, 0.05) is 4.47 Å². The third-order valence-corrected chi connectivity index (χ3v) is 5.58. The van der Waals surface area contributed by atoms with Gasteiger partial charge in [0.15, 0.2) is 17.2 Å². The van der Waals surface area contributed by atoms with E-state index in [1.54, 1.807) is 6.92 Å². The van der Waals surface area contributed by atoms with E-state index in [1.807, 2.05) is 4.72 Å². The van der Waals surface area contributed by atoms with Crippen LogP contribution in [0.15, 0.2) is 33.6 Å². The minimum absolute atomic E-state index is 0.137. The van der Waals surface area contributed by atoms with Crippen molar-refractivity contribution in [2.24, 2.45) is 0 Å². The lowest BCUT2D eigenvalue weighted by Crippen LogP contribution is -2.19. The molecule has 0 spiro atoms. The first-order valence-corrected chi connectivity index (χ1v) is 10.3. The van der Waals surface area contributed by atoms with Crippen LogP contribution in [-0.4, -0.2) is 38.1 Å². The maximum Gasteiger partial charge on any atom is 0.573 e. The molecular formula is C17H15BrF3NO7S. The van der Waals surface area contributed by atoms with Gasteiger partial charge < -0.3 is 19.7 Å². The molecule has 0 aliphatic carbocycles. The topological polar surface area (TPSA) is 122 Å². The third-order valence-electron chi connectivity index (χ3n) is 3.75. The highest BCUT2D eigenvalue weighted by Gasteiger charge is 2.34. The average molecular weight is 514 g/mol. The third kappa shape index (κ3) is 5.27. The van der Waals surface area contributed by atoms with Crippen LogP contribution in [0.1, 0.15) is 22.8 Å². The molecule has 0 radical (unpaired) electrons. The number of aromatic hydroxyl groups is 2.